The lowest BCUT2D eigenvalue weighted by Gasteiger charge is -2.19. The number of hydrogen-bond acceptors (Lipinski definition) is 0. The quantitative estimate of drug-likeness (QED) is 0.444. The zero-order valence-electron chi connectivity index (χ0n) is 16.8. The number of benzene rings is 3. The van der Waals surface area contributed by atoms with Crippen molar-refractivity contribution in [1.29, 1.82) is 0 Å². The minimum absolute atomic E-state index is 1.11. The van der Waals surface area contributed by atoms with Crippen LogP contribution < -0.4 is 0 Å². The molecule has 3 aromatic carbocycles. The Hall–Kier alpha value is -2.60. The van der Waals surface area contributed by atoms with Gasteiger partial charge in [-0.2, -0.15) is 0 Å². The van der Waals surface area contributed by atoms with Crippen LogP contribution in [0.25, 0.3) is 21.9 Å². The fraction of sp³-hybridized carbons (Fsp3) is 0.259. The van der Waals surface area contributed by atoms with Crippen LogP contribution in [0.3, 0.4) is 0 Å². The lowest BCUT2D eigenvalue weighted by atomic mass is 9.85. The van der Waals surface area contributed by atoms with Gasteiger partial charge in [0.2, 0.25) is 0 Å². The van der Waals surface area contributed by atoms with Crippen molar-refractivity contribution in [2.45, 2.75) is 46.5 Å². The summed E-state index contributed by atoms with van der Waals surface area (Å²) in [4.78, 5) is 0. The third-order valence-electron chi connectivity index (χ3n) is 5.08. The minimum atomic E-state index is 1.11. The summed E-state index contributed by atoms with van der Waals surface area (Å²) < 4.78 is 0. The molecular weight excluding hydrogens is 324 g/mol. The molecule has 0 radical (unpaired) electrons. The summed E-state index contributed by atoms with van der Waals surface area (Å²) in [5, 5.41) is 2.71. The van der Waals surface area contributed by atoms with Crippen LogP contribution in [0.5, 0.6) is 0 Å². The normalized spacial score (nSPS) is 13.4. The van der Waals surface area contributed by atoms with Gasteiger partial charge in [0.1, 0.15) is 0 Å². The van der Waals surface area contributed by atoms with E-state index in [0.29, 0.717) is 0 Å². The molecular formula is C27H30. The Kier molecular flexibility index (Phi) is 6.65. The zero-order valence-corrected chi connectivity index (χ0v) is 16.8. The predicted octanol–water partition coefficient (Wildman–Crippen LogP) is 8.08. The second-order valence-corrected chi connectivity index (χ2v) is 6.80. The molecule has 27 heavy (non-hydrogen) atoms. The van der Waals surface area contributed by atoms with Gasteiger partial charge in [0, 0.05) is 0 Å². The van der Waals surface area contributed by atoms with Gasteiger partial charge in [-0.1, -0.05) is 106 Å². The van der Waals surface area contributed by atoms with E-state index < -0.39 is 0 Å². The first-order valence-corrected chi connectivity index (χ1v) is 10.3. The number of fused-ring (bicyclic) bond motifs is 3. The van der Waals surface area contributed by atoms with Gasteiger partial charge in [-0.3, -0.25) is 0 Å². The molecule has 0 saturated carbocycles. The molecule has 4 rings (SSSR count). The Morgan fingerprint density at radius 2 is 1.63 bits per heavy atom. The molecule has 0 aromatic heterocycles. The Bertz CT molecular complexity index is 942. The average Bonchev–Trinajstić information content (AvgIpc) is 2.75. The predicted molar refractivity (Wildman–Crippen MR) is 121 cm³/mol. The van der Waals surface area contributed by atoms with E-state index in [1.54, 1.807) is 0 Å². The van der Waals surface area contributed by atoms with Gasteiger partial charge >= 0.3 is 0 Å². The van der Waals surface area contributed by atoms with Crippen molar-refractivity contribution in [3.63, 3.8) is 0 Å². The van der Waals surface area contributed by atoms with Gasteiger partial charge in [-0.25, -0.2) is 0 Å². The van der Waals surface area contributed by atoms with E-state index >= 15 is 0 Å². The molecule has 0 aliphatic heterocycles. The summed E-state index contributed by atoms with van der Waals surface area (Å²) >= 11 is 0. The third-order valence-corrected chi connectivity index (χ3v) is 5.08. The van der Waals surface area contributed by atoms with Gasteiger partial charge in [-0.15, -0.1) is 0 Å². The zero-order chi connectivity index (χ0) is 19.1. The Morgan fingerprint density at radius 3 is 2.41 bits per heavy atom. The number of allylic oxidation sites excluding steroid dienone is 4. The van der Waals surface area contributed by atoms with Crippen molar-refractivity contribution in [1.82, 2.24) is 0 Å². The molecule has 0 amide bonds. The van der Waals surface area contributed by atoms with Crippen LogP contribution in [0.4, 0.5) is 0 Å². The Morgan fingerprint density at radius 1 is 0.889 bits per heavy atom. The molecule has 0 atom stereocenters. The fourth-order valence-corrected chi connectivity index (χ4v) is 3.89. The van der Waals surface area contributed by atoms with Crippen LogP contribution in [0.15, 0.2) is 78.9 Å². The van der Waals surface area contributed by atoms with Gasteiger partial charge in [0.15, 0.2) is 0 Å². The molecule has 0 N–H and O–H groups in total. The number of rotatable bonds is 4. The maximum Gasteiger partial charge on any atom is -0.00763 e. The first-order chi connectivity index (χ1) is 13.4. The molecule has 0 bridgehead atoms. The fourth-order valence-electron chi connectivity index (χ4n) is 3.89. The first kappa shape index (κ1) is 19.2. The molecule has 1 aliphatic rings. The molecule has 0 nitrogen and oxygen atoms in total. The smallest absolute Gasteiger partial charge is 0.00763 e. The molecule has 0 unspecified atom stereocenters. The van der Waals surface area contributed by atoms with E-state index in [2.05, 4.69) is 85.8 Å². The Labute approximate surface area is 164 Å². The van der Waals surface area contributed by atoms with Crippen LogP contribution >= 0.6 is 0 Å². The highest BCUT2D eigenvalue weighted by Crippen LogP contribution is 2.36. The van der Waals surface area contributed by atoms with Gasteiger partial charge < -0.3 is 0 Å². The van der Waals surface area contributed by atoms with Crippen molar-refractivity contribution < 1.29 is 0 Å². The van der Waals surface area contributed by atoms with Crippen molar-refractivity contribution >= 4 is 21.9 Å². The third kappa shape index (κ3) is 4.22. The van der Waals surface area contributed by atoms with Crippen molar-refractivity contribution in [3.05, 3.63) is 95.6 Å². The van der Waals surface area contributed by atoms with Gasteiger partial charge in [0.05, 0.1) is 0 Å². The van der Waals surface area contributed by atoms with E-state index in [-0.39, 0.29) is 0 Å². The van der Waals surface area contributed by atoms with E-state index in [9.17, 15) is 0 Å². The largest absolute Gasteiger partial charge is 0.0763 e. The van der Waals surface area contributed by atoms with E-state index in [1.807, 2.05) is 13.8 Å². The molecule has 0 heterocycles. The summed E-state index contributed by atoms with van der Waals surface area (Å²) in [7, 11) is 0. The van der Waals surface area contributed by atoms with Crippen LogP contribution in [0.1, 0.15) is 56.7 Å². The van der Waals surface area contributed by atoms with Crippen molar-refractivity contribution in [2.24, 2.45) is 0 Å². The second-order valence-electron chi connectivity index (χ2n) is 6.80. The van der Waals surface area contributed by atoms with Gasteiger partial charge in [0.25, 0.3) is 0 Å². The molecule has 0 heteroatoms. The summed E-state index contributed by atoms with van der Waals surface area (Å²) in [6.45, 7) is 6.26. The molecule has 0 spiro atoms. The highest BCUT2D eigenvalue weighted by atomic mass is 14.2. The summed E-state index contributed by atoms with van der Waals surface area (Å²) in [6, 6.07) is 24.2. The highest BCUT2D eigenvalue weighted by Gasteiger charge is 2.15. The van der Waals surface area contributed by atoms with E-state index in [1.165, 1.54) is 38.6 Å². The molecule has 3 aromatic rings. The summed E-state index contributed by atoms with van der Waals surface area (Å²) in [6.07, 6.45) is 9.41. The van der Waals surface area contributed by atoms with Gasteiger partial charge in [-0.05, 0) is 57.9 Å². The second kappa shape index (κ2) is 9.37. The minimum Gasteiger partial charge on any atom is -0.0763 e. The van der Waals surface area contributed by atoms with E-state index in [0.717, 1.165) is 25.7 Å². The van der Waals surface area contributed by atoms with Crippen LogP contribution in [-0.4, -0.2) is 0 Å². The highest BCUT2D eigenvalue weighted by molar-refractivity contribution is 6.00. The van der Waals surface area contributed by atoms with Crippen LogP contribution in [-0.2, 0) is 6.42 Å². The average molecular weight is 355 g/mol. The monoisotopic (exact) mass is 354 g/mol. The summed E-state index contributed by atoms with van der Waals surface area (Å²) in [5.74, 6) is 0. The van der Waals surface area contributed by atoms with Crippen molar-refractivity contribution in [3.8, 4) is 0 Å². The SMILES string of the molecule is CC.CCC/C(=C\C1=CCCc2ccc3ccccc3c21)c1ccccc1. The lowest BCUT2D eigenvalue weighted by Crippen LogP contribution is -2.00. The maximum absolute atomic E-state index is 2.43. The molecule has 138 valence electrons. The topological polar surface area (TPSA) is 0 Å². The Balaban J connectivity index is 0.00000102. The van der Waals surface area contributed by atoms with E-state index in [4.69, 9.17) is 0 Å². The lowest BCUT2D eigenvalue weighted by molar-refractivity contribution is 0.969. The number of aryl methyl sites for hydroxylation is 1. The standard InChI is InChI=1S/C25H24.C2H6/c1-2-9-22(19-10-4-3-5-11-19)18-23-14-8-13-21-17-16-20-12-6-7-15-24(20)25(21)23;1-2/h3-7,10-12,14-18H,2,8-9,13H2,1H3;1-2H3/b22-18+;. The maximum atomic E-state index is 2.43. The molecule has 0 saturated heterocycles. The van der Waals surface area contributed by atoms with Crippen molar-refractivity contribution in [2.75, 3.05) is 0 Å². The molecule has 0 fully saturated rings. The van der Waals surface area contributed by atoms with Crippen LogP contribution in [0.2, 0.25) is 0 Å². The first-order valence-electron chi connectivity index (χ1n) is 10.3. The molecule has 1 aliphatic carbocycles. The number of hydrogen-bond donors (Lipinski definition) is 0. The van der Waals surface area contributed by atoms with Crippen LogP contribution in [0, 0.1) is 0 Å². The summed E-state index contributed by atoms with van der Waals surface area (Å²) in [5.41, 5.74) is 7.10.